The number of ether oxygens (including phenoxy) is 1. The third-order valence-corrected chi connectivity index (χ3v) is 7.83. The van der Waals surface area contributed by atoms with Crippen molar-refractivity contribution in [3.63, 3.8) is 0 Å². The van der Waals surface area contributed by atoms with Crippen LogP contribution in [0, 0.1) is 0 Å². The fraction of sp³-hybridized carbons (Fsp3) is 0.276. The summed E-state index contributed by atoms with van der Waals surface area (Å²) in [5.74, 6) is 0.0776. The Morgan fingerprint density at radius 2 is 1.77 bits per heavy atom. The lowest BCUT2D eigenvalue weighted by Crippen LogP contribution is -2.52. The van der Waals surface area contributed by atoms with E-state index in [9.17, 15) is 4.79 Å². The van der Waals surface area contributed by atoms with Gasteiger partial charge in [0, 0.05) is 24.4 Å². The molecule has 35 heavy (non-hydrogen) atoms. The summed E-state index contributed by atoms with van der Waals surface area (Å²) in [6.07, 6.45) is 13.4. The highest BCUT2D eigenvalue weighted by atomic mass is 16.6. The fourth-order valence-corrected chi connectivity index (χ4v) is 6.25. The Bertz CT molecular complexity index is 1430. The summed E-state index contributed by atoms with van der Waals surface area (Å²) in [7, 11) is 0. The van der Waals surface area contributed by atoms with Gasteiger partial charge in [-0.1, -0.05) is 54.6 Å². The second-order valence-corrected chi connectivity index (χ2v) is 9.71. The maximum absolute atomic E-state index is 13.4. The lowest BCUT2D eigenvalue weighted by atomic mass is 9.84. The van der Waals surface area contributed by atoms with Crippen LogP contribution >= 0.6 is 0 Å². The van der Waals surface area contributed by atoms with Crippen molar-refractivity contribution in [1.29, 1.82) is 0 Å². The van der Waals surface area contributed by atoms with Crippen LogP contribution in [-0.4, -0.2) is 44.1 Å². The van der Waals surface area contributed by atoms with E-state index in [2.05, 4.69) is 69.0 Å². The van der Waals surface area contributed by atoms with Gasteiger partial charge in [-0.2, -0.15) is 0 Å². The van der Waals surface area contributed by atoms with Gasteiger partial charge in [0.05, 0.1) is 24.1 Å². The number of benzene rings is 2. The van der Waals surface area contributed by atoms with E-state index in [4.69, 9.17) is 4.74 Å². The molecule has 3 aliphatic rings. The zero-order valence-electron chi connectivity index (χ0n) is 19.4. The standard InChI is InChI=1S/C29H26N4O2/c34-29(35-18-26-24-10-3-1-8-22(24)23-9-2-4-11-25(23)26)33-20-6-5-7-21(33)15-19(14-20)27-16-31-28-17-30-12-13-32(27)28/h1-4,8-14,16-17,20-21,26H,5-7,15,18H2. The average Bonchev–Trinajstić information content (AvgIpc) is 3.46. The molecule has 4 heterocycles. The van der Waals surface area contributed by atoms with E-state index in [1.807, 2.05) is 17.3 Å². The number of nitrogens with zero attached hydrogens (tertiary/aromatic N) is 4. The number of hydrogen-bond donors (Lipinski definition) is 0. The first-order valence-electron chi connectivity index (χ1n) is 12.4. The van der Waals surface area contributed by atoms with Crippen LogP contribution in [0.2, 0.25) is 0 Å². The Kier molecular flexibility index (Phi) is 4.72. The van der Waals surface area contributed by atoms with Crippen molar-refractivity contribution in [2.75, 3.05) is 6.61 Å². The van der Waals surface area contributed by atoms with Gasteiger partial charge in [0.25, 0.3) is 0 Å². The van der Waals surface area contributed by atoms with Crippen molar-refractivity contribution >= 4 is 17.3 Å². The number of piperidine rings is 1. The van der Waals surface area contributed by atoms with Crippen LogP contribution < -0.4 is 0 Å². The number of carbonyl (C=O) groups is 1. The summed E-state index contributed by atoms with van der Waals surface area (Å²) < 4.78 is 8.12. The van der Waals surface area contributed by atoms with E-state index in [0.29, 0.717) is 6.61 Å². The fourth-order valence-electron chi connectivity index (χ4n) is 6.25. The molecule has 0 spiro atoms. The van der Waals surface area contributed by atoms with Crippen LogP contribution in [0.1, 0.15) is 48.4 Å². The molecule has 6 nitrogen and oxygen atoms in total. The number of hydrogen-bond acceptors (Lipinski definition) is 4. The van der Waals surface area contributed by atoms with Gasteiger partial charge in [-0.15, -0.1) is 0 Å². The zero-order valence-corrected chi connectivity index (χ0v) is 19.4. The van der Waals surface area contributed by atoms with Crippen LogP contribution in [0.3, 0.4) is 0 Å². The van der Waals surface area contributed by atoms with Crippen molar-refractivity contribution in [1.82, 2.24) is 19.3 Å². The number of carbonyl (C=O) groups excluding carboxylic acids is 1. The second kappa shape index (κ2) is 8.08. The number of imidazole rings is 1. The number of rotatable bonds is 3. The normalized spacial score (nSPS) is 20.9. The molecule has 2 aliphatic heterocycles. The van der Waals surface area contributed by atoms with Gasteiger partial charge in [-0.05, 0) is 53.5 Å². The SMILES string of the molecule is O=C(OCC1c2ccccc2-c2ccccc21)N1C2C=C(c3cnc4cnccn34)CC1CCC2. The Hall–Kier alpha value is -3.93. The summed E-state index contributed by atoms with van der Waals surface area (Å²) in [6.45, 7) is 0.361. The highest BCUT2D eigenvalue weighted by molar-refractivity contribution is 5.79. The average molecular weight is 463 g/mol. The third kappa shape index (κ3) is 3.27. The molecule has 2 aromatic heterocycles. The third-order valence-electron chi connectivity index (χ3n) is 7.83. The number of fused-ring (bicyclic) bond motifs is 6. The Balaban J connectivity index is 1.14. The van der Waals surface area contributed by atoms with Gasteiger partial charge in [0.2, 0.25) is 0 Å². The van der Waals surface area contributed by atoms with E-state index in [-0.39, 0.29) is 24.1 Å². The molecule has 174 valence electrons. The molecular weight excluding hydrogens is 436 g/mol. The molecule has 0 radical (unpaired) electrons. The van der Waals surface area contributed by atoms with E-state index in [1.165, 1.54) is 27.8 Å². The summed E-state index contributed by atoms with van der Waals surface area (Å²) in [5.41, 5.74) is 8.15. The van der Waals surface area contributed by atoms with Gasteiger partial charge < -0.3 is 4.74 Å². The van der Waals surface area contributed by atoms with Gasteiger partial charge in [-0.25, -0.2) is 9.78 Å². The predicted octanol–water partition coefficient (Wildman–Crippen LogP) is 5.69. The van der Waals surface area contributed by atoms with Crippen LogP contribution in [0.15, 0.2) is 79.4 Å². The summed E-state index contributed by atoms with van der Waals surface area (Å²) in [6, 6.07) is 17.1. The molecular formula is C29H26N4O2. The Morgan fingerprint density at radius 3 is 2.54 bits per heavy atom. The maximum atomic E-state index is 13.4. The van der Waals surface area contributed by atoms with Crippen molar-refractivity contribution in [2.24, 2.45) is 0 Å². The molecule has 4 aromatic rings. The highest BCUT2D eigenvalue weighted by Gasteiger charge is 2.39. The predicted molar refractivity (Wildman–Crippen MR) is 134 cm³/mol. The molecule has 7 rings (SSSR count). The molecule has 0 N–H and O–H groups in total. The maximum Gasteiger partial charge on any atom is 0.410 e. The van der Waals surface area contributed by atoms with E-state index < -0.39 is 0 Å². The smallest absolute Gasteiger partial charge is 0.410 e. The molecule has 2 aromatic carbocycles. The van der Waals surface area contributed by atoms with Crippen LogP contribution in [-0.2, 0) is 4.74 Å². The molecule has 0 saturated carbocycles. The quantitative estimate of drug-likeness (QED) is 0.393. The first-order chi connectivity index (χ1) is 17.3. The summed E-state index contributed by atoms with van der Waals surface area (Å²) >= 11 is 0. The molecule has 2 atom stereocenters. The van der Waals surface area contributed by atoms with Crippen LogP contribution in [0.25, 0.3) is 22.3 Å². The van der Waals surface area contributed by atoms with E-state index in [0.717, 1.165) is 37.0 Å². The van der Waals surface area contributed by atoms with Crippen molar-refractivity contribution in [2.45, 2.75) is 43.7 Å². The van der Waals surface area contributed by atoms with Crippen molar-refractivity contribution < 1.29 is 9.53 Å². The van der Waals surface area contributed by atoms with Gasteiger partial charge in [0.1, 0.15) is 6.61 Å². The molecule has 6 heteroatoms. The summed E-state index contributed by atoms with van der Waals surface area (Å²) in [4.78, 5) is 24.1. The topological polar surface area (TPSA) is 59.7 Å². The first kappa shape index (κ1) is 20.4. The Labute approximate surface area is 203 Å². The monoisotopic (exact) mass is 462 g/mol. The Morgan fingerprint density at radius 1 is 1.00 bits per heavy atom. The minimum atomic E-state index is -0.195. The van der Waals surface area contributed by atoms with Crippen LogP contribution in [0.4, 0.5) is 4.79 Å². The molecule has 1 saturated heterocycles. The molecule has 2 bridgehead atoms. The number of aromatic nitrogens is 3. The zero-order chi connectivity index (χ0) is 23.4. The molecule has 1 amide bonds. The highest BCUT2D eigenvalue weighted by Crippen LogP contribution is 2.45. The second-order valence-electron chi connectivity index (χ2n) is 9.71. The van der Waals surface area contributed by atoms with Gasteiger partial charge in [-0.3, -0.25) is 14.3 Å². The molecule has 1 aliphatic carbocycles. The lowest BCUT2D eigenvalue weighted by Gasteiger charge is -2.44. The number of amides is 1. The minimum Gasteiger partial charge on any atom is -0.448 e. The summed E-state index contributed by atoms with van der Waals surface area (Å²) in [5, 5.41) is 0. The molecule has 2 unspecified atom stereocenters. The van der Waals surface area contributed by atoms with E-state index >= 15 is 0 Å². The molecule has 1 fully saturated rings. The first-order valence-corrected chi connectivity index (χ1v) is 12.4. The lowest BCUT2D eigenvalue weighted by molar-refractivity contribution is 0.0538. The largest absolute Gasteiger partial charge is 0.448 e. The van der Waals surface area contributed by atoms with Gasteiger partial charge >= 0.3 is 6.09 Å². The van der Waals surface area contributed by atoms with Crippen LogP contribution in [0.5, 0.6) is 0 Å². The minimum absolute atomic E-state index is 0.0561. The van der Waals surface area contributed by atoms with Crippen molar-refractivity contribution in [3.05, 3.63) is 96.2 Å². The van der Waals surface area contributed by atoms with Crippen molar-refractivity contribution in [3.8, 4) is 11.1 Å². The van der Waals surface area contributed by atoms with E-state index in [1.54, 1.807) is 12.4 Å². The van der Waals surface area contributed by atoms with Gasteiger partial charge in [0.15, 0.2) is 5.65 Å².